The zero-order valence-electron chi connectivity index (χ0n) is 11.0. The molecular formula is C15H20N2O2. The Morgan fingerprint density at radius 3 is 3.16 bits per heavy atom. The molecule has 0 bridgehead atoms. The van der Waals surface area contributed by atoms with Crippen LogP contribution in [0.2, 0.25) is 0 Å². The van der Waals surface area contributed by atoms with Crippen LogP contribution in [0.1, 0.15) is 11.1 Å². The van der Waals surface area contributed by atoms with E-state index >= 15 is 0 Å². The van der Waals surface area contributed by atoms with Crippen molar-refractivity contribution in [3.63, 3.8) is 0 Å². The third-order valence-electron chi connectivity index (χ3n) is 3.09. The summed E-state index contributed by atoms with van der Waals surface area (Å²) in [5.41, 5.74) is 7.59. The Morgan fingerprint density at radius 2 is 2.37 bits per heavy atom. The molecule has 19 heavy (non-hydrogen) atoms. The molecule has 2 rings (SSSR count). The zero-order valence-corrected chi connectivity index (χ0v) is 11.0. The minimum atomic E-state index is -0.0611. The van der Waals surface area contributed by atoms with E-state index < -0.39 is 0 Å². The van der Waals surface area contributed by atoms with E-state index in [4.69, 9.17) is 15.6 Å². The predicted octanol–water partition coefficient (Wildman–Crippen LogP) is 0.190. The number of nitrogens with two attached hydrogens (primary N) is 1. The Labute approximate surface area is 114 Å². The van der Waals surface area contributed by atoms with Crippen molar-refractivity contribution in [2.75, 3.05) is 32.8 Å². The lowest BCUT2D eigenvalue weighted by Gasteiger charge is -2.32. The van der Waals surface area contributed by atoms with Gasteiger partial charge in [-0.15, -0.1) is 0 Å². The standard InChI is InChI=1S/C15H20N2O2/c16-6-2-5-13-3-1-4-14(9-13)10-17-7-8-19-15(11-17)12-18/h1,3-4,9,15,18H,6-8,10-12,16H2. The molecular weight excluding hydrogens is 240 g/mol. The molecule has 0 saturated carbocycles. The maximum Gasteiger partial charge on any atom is 0.0933 e. The van der Waals surface area contributed by atoms with Crippen LogP contribution in [0.5, 0.6) is 0 Å². The molecule has 4 nitrogen and oxygen atoms in total. The van der Waals surface area contributed by atoms with Gasteiger partial charge in [0.05, 0.1) is 25.9 Å². The molecule has 4 heteroatoms. The highest BCUT2D eigenvalue weighted by Crippen LogP contribution is 2.11. The van der Waals surface area contributed by atoms with Gasteiger partial charge in [-0.05, 0) is 17.7 Å². The Bertz CT molecular complexity index is 465. The van der Waals surface area contributed by atoms with Gasteiger partial charge in [0.15, 0.2) is 0 Å². The van der Waals surface area contributed by atoms with Gasteiger partial charge in [-0.25, -0.2) is 0 Å². The highest BCUT2D eigenvalue weighted by Gasteiger charge is 2.19. The van der Waals surface area contributed by atoms with Crippen LogP contribution in [0.25, 0.3) is 0 Å². The van der Waals surface area contributed by atoms with Crippen molar-refractivity contribution < 1.29 is 9.84 Å². The van der Waals surface area contributed by atoms with Crippen molar-refractivity contribution in [1.82, 2.24) is 4.90 Å². The second kappa shape index (κ2) is 7.27. The summed E-state index contributed by atoms with van der Waals surface area (Å²) < 4.78 is 5.44. The number of morpholine rings is 1. The summed E-state index contributed by atoms with van der Waals surface area (Å²) in [5.74, 6) is 5.91. The average Bonchev–Trinajstić information content (AvgIpc) is 2.46. The fourth-order valence-corrected chi connectivity index (χ4v) is 2.19. The maximum atomic E-state index is 9.13. The van der Waals surface area contributed by atoms with Gasteiger partial charge in [-0.2, -0.15) is 0 Å². The van der Waals surface area contributed by atoms with Crippen molar-refractivity contribution in [2.24, 2.45) is 5.73 Å². The van der Waals surface area contributed by atoms with Crippen molar-refractivity contribution in [3.8, 4) is 11.8 Å². The molecule has 0 spiro atoms. The zero-order chi connectivity index (χ0) is 13.5. The normalized spacial score (nSPS) is 19.8. The molecule has 1 fully saturated rings. The van der Waals surface area contributed by atoms with Crippen LogP contribution in [0.15, 0.2) is 24.3 Å². The molecule has 102 valence electrons. The highest BCUT2D eigenvalue weighted by molar-refractivity contribution is 5.37. The number of ether oxygens (including phenoxy) is 1. The van der Waals surface area contributed by atoms with Gasteiger partial charge in [0.1, 0.15) is 0 Å². The summed E-state index contributed by atoms with van der Waals surface area (Å²) in [4.78, 5) is 2.29. The summed E-state index contributed by atoms with van der Waals surface area (Å²) in [7, 11) is 0. The largest absolute Gasteiger partial charge is 0.394 e. The first-order chi connectivity index (χ1) is 9.31. The van der Waals surface area contributed by atoms with Crippen LogP contribution < -0.4 is 5.73 Å². The Hall–Kier alpha value is -1.38. The third-order valence-corrected chi connectivity index (χ3v) is 3.09. The summed E-state index contributed by atoms with van der Waals surface area (Å²) >= 11 is 0. The number of aliphatic hydroxyl groups excluding tert-OH is 1. The second-order valence-electron chi connectivity index (χ2n) is 4.62. The van der Waals surface area contributed by atoms with E-state index in [2.05, 4.69) is 28.9 Å². The second-order valence-corrected chi connectivity index (χ2v) is 4.62. The van der Waals surface area contributed by atoms with E-state index in [0.717, 1.165) is 25.2 Å². The number of benzene rings is 1. The fraction of sp³-hybridized carbons (Fsp3) is 0.467. The number of rotatable bonds is 3. The Balaban J connectivity index is 1.98. The number of hydrogen-bond donors (Lipinski definition) is 2. The van der Waals surface area contributed by atoms with Crippen LogP contribution >= 0.6 is 0 Å². The van der Waals surface area contributed by atoms with Gasteiger partial charge >= 0.3 is 0 Å². The Morgan fingerprint density at radius 1 is 1.47 bits per heavy atom. The topological polar surface area (TPSA) is 58.7 Å². The molecule has 1 atom stereocenters. The molecule has 3 N–H and O–H groups in total. The van der Waals surface area contributed by atoms with E-state index in [0.29, 0.717) is 13.2 Å². The van der Waals surface area contributed by atoms with Gasteiger partial charge in [0.25, 0.3) is 0 Å². The lowest BCUT2D eigenvalue weighted by atomic mass is 10.1. The van der Waals surface area contributed by atoms with Gasteiger partial charge in [-0.1, -0.05) is 24.0 Å². The fourth-order valence-electron chi connectivity index (χ4n) is 2.19. The van der Waals surface area contributed by atoms with Crippen LogP contribution in [0, 0.1) is 11.8 Å². The van der Waals surface area contributed by atoms with Gasteiger partial charge in [0.2, 0.25) is 0 Å². The molecule has 0 aliphatic carbocycles. The van der Waals surface area contributed by atoms with Gasteiger partial charge in [0, 0.05) is 25.2 Å². The Kier molecular flexibility index (Phi) is 5.37. The van der Waals surface area contributed by atoms with E-state index in [1.165, 1.54) is 5.56 Å². The minimum Gasteiger partial charge on any atom is -0.394 e. The summed E-state index contributed by atoms with van der Waals surface area (Å²) in [6.07, 6.45) is -0.0611. The first-order valence-electron chi connectivity index (χ1n) is 6.54. The SMILES string of the molecule is NCC#Cc1cccc(CN2CCOC(CO)C2)c1. The van der Waals surface area contributed by atoms with Crippen LogP contribution in [-0.2, 0) is 11.3 Å². The minimum absolute atomic E-state index is 0.0611. The lowest BCUT2D eigenvalue weighted by Crippen LogP contribution is -2.43. The number of hydrogen-bond acceptors (Lipinski definition) is 4. The summed E-state index contributed by atoms with van der Waals surface area (Å²) in [6.45, 7) is 3.67. The molecule has 1 saturated heterocycles. The molecule has 0 radical (unpaired) electrons. The molecule has 1 aromatic rings. The van der Waals surface area contributed by atoms with Crippen LogP contribution in [0.3, 0.4) is 0 Å². The molecule has 1 aromatic carbocycles. The molecule has 1 aliphatic rings. The lowest BCUT2D eigenvalue weighted by molar-refractivity contribution is -0.0551. The van der Waals surface area contributed by atoms with Crippen molar-refractivity contribution in [2.45, 2.75) is 12.6 Å². The van der Waals surface area contributed by atoms with E-state index in [1.807, 2.05) is 12.1 Å². The number of aliphatic hydroxyl groups is 1. The summed E-state index contributed by atoms with van der Waals surface area (Å²) in [5, 5.41) is 9.13. The third kappa shape index (κ3) is 4.34. The molecule has 1 heterocycles. The quantitative estimate of drug-likeness (QED) is 0.762. The molecule has 1 aliphatic heterocycles. The monoisotopic (exact) mass is 260 g/mol. The first kappa shape index (κ1) is 14.0. The molecule has 0 aromatic heterocycles. The van der Waals surface area contributed by atoms with Gasteiger partial charge in [-0.3, -0.25) is 4.90 Å². The van der Waals surface area contributed by atoms with Crippen LogP contribution in [0.4, 0.5) is 0 Å². The van der Waals surface area contributed by atoms with Crippen molar-refractivity contribution >= 4 is 0 Å². The van der Waals surface area contributed by atoms with Crippen molar-refractivity contribution in [3.05, 3.63) is 35.4 Å². The predicted molar refractivity (Wildman–Crippen MR) is 74.5 cm³/mol. The summed E-state index contributed by atoms with van der Waals surface area (Å²) in [6, 6.07) is 8.19. The smallest absolute Gasteiger partial charge is 0.0933 e. The number of nitrogens with zero attached hydrogens (tertiary/aromatic N) is 1. The van der Waals surface area contributed by atoms with Crippen LogP contribution in [-0.4, -0.2) is 49.0 Å². The van der Waals surface area contributed by atoms with E-state index in [-0.39, 0.29) is 12.7 Å². The first-order valence-corrected chi connectivity index (χ1v) is 6.54. The van der Waals surface area contributed by atoms with E-state index in [1.54, 1.807) is 0 Å². The van der Waals surface area contributed by atoms with Crippen molar-refractivity contribution in [1.29, 1.82) is 0 Å². The molecule has 0 amide bonds. The highest BCUT2D eigenvalue weighted by atomic mass is 16.5. The maximum absolute atomic E-state index is 9.13. The molecule has 1 unspecified atom stereocenters. The van der Waals surface area contributed by atoms with Gasteiger partial charge < -0.3 is 15.6 Å². The van der Waals surface area contributed by atoms with E-state index in [9.17, 15) is 0 Å². The average molecular weight is 260 g/mol.